The van der Waals surface area contributed by atoms with Gasteiger partial charge in [0.2, 0.25) is 0 Å². The molecule has 0 fully saturated rings. The highest BCUT2D eigenvalue weighted by molar-refractivity contribution is 9.10. The molecule has 0 bridgehead atoms. The van der Waals surface area contributed by atoms with Crippen molar-refractivity contribution in [1.29, 1.82) is 0 Å². The van der Waals surface area contributed by atoms with Gasteiger partial charge in [0.05, 0.1) is 12.7 Å². The molecule has 0 radical (unpaired) electrons. The molecule has 2 aromatic carbocycles. The van der Waals surface area contributed by atoms with E-state index in [1.807, 2.05) is 25.1 Å². The van der Waals surface area contributed by atoms with Gasteiger partial charge in [-0.15, -0.1) is 0 Å². The molecular formula is C15H15BrN2O2. The fraction of sp³-hybridized carbons (Fsp3) is 0.133. The Balaban J connectivity index is 2.27. The van der Waals surface area contributed by atoms with Crippen molar-refractivity contribution in [3.05, 3.63) is 52.0 Å². The Morgan fingerprint density at radius 3 is 2.65 bits per heavy atom. The van der Waals surface area contributed by atoms with Crippen LogP contribution in [0.3, 0.4) is 0 Å². The summed E-state index contributed by atoms with van der Waals surface area (Å²) in [5.41, 5.74) is 8.41. The summed E-state index contributed by atoms with van der Waals surface area (Å²) < 4.78 is 6.18. The van der Waals surface area contributed by atoms with E-state index in [0.29, 0.717) is 17.0 Å². The fourth-order valence-corrected chi connectivity index (χ4v) is 2.07. The van der Waals surface area contributed by atoms with Gasteiger partial charge in [0.15, 0.2) is 0 Å². The molecule has 0 spiro atoms. The van der Waals surface area contributed by atoms with Crippen LogP contribution in [-0.4, -0.2) is 13.0 Å². The zero-order valence-corrected chi connectivity index (χ0v) is 12.8. The van der Waals surface area contributed by atoms with Crippen LogP contribution in [0.2, 0.25) is 0 Å². The fourth-order valence-electron chi connectivity index (χ4n) is 1.82. The molecule has 0 saturated heterocycles. The monoisotopic (exact) mass is 334 g/mol. The molecule has 104 valence electrons. The molecule has 3 N–H and O–H groups in total. The van der Waals surface area contributed by atoms with Crippen molar-refractivity contribution in [2.45, 2.75) is 6.92 Å². The highest BCUT2D eigenvalue weighted by atomic mass is 79.9. The van der Waals surface area contributed by atoms with Gasteiger partial charge in [-0.1, -0.05) is 15.9 Å². The summed E-state index contributed by atoms with van der Waals surface area (Å²) in [5.74, 6) is 0.237. The van der Waals surface area contributed by atoms with Gasteiger partial charge in [-0.2, -0.15) is 0 Å². The molecule has 0 unspecified atom stereocenters. The first kappa shape index (κ1) is 14.4. The number of halogens is 1. The van der Waals surface area contributed by atoms with Crippen molar-refractivity contribution in [3.63, 3.8) is 0 Å². The van der Waals surface area contributed by atoms with E-state index >= 15 is 0 Å². The minimum absolute atomic E-state index is 0.254. The summed E-state index contributed by atoms with van der Waals surface area (Å²) in [6.07, 6.45) is 0. The third kappa shape index (κ3) is 3.11. The standard InChI is InChI=1S/C15H15BrN2O2/c1-9-7-11(4-5-13(9)16)18-15(19)12-8-10(17)3-6-14(12)20-2/h3-8H,17H2,1-2H3,(H,18,19). The van der Waals surface area contributed by atoms with Crippen LogP contribution in [0.4, 0.5) is 11.4 Å². The highest BCUT2D eigenvalue weighted by Crippen LogP contribution is 2.24. The first-order valence-corrected chi connectivity index (χ1v) is 6.81. The molecule has 0 aromatic heterocycles. The Kier molecular flexibility index (Phi) is 4.29. The summed E-state index contributed by atoms with van der Waals surface area (Å²) in [6, 6.07) is 10.6. The Labute approximate surface area is 126 Å². The lowest BCUT2D eigenvalue weighted by atomic mass is 10.1. The first-order valence-electron chi connectivity index (χ1n) is 6.02. The number of nitrogen functional groups attached to an aromatic ring is 1. The Morgan fingerprint density at radius 2 is 2.00 bits per heavy atom. The van der Waals surface area contributed by atoms with Gasteiger partial charge in [0.1, 0.15) is 5.75 Å². The second-order valence-electron chi connectivity index (χ2n) is 4.38. The number of methoxy groups -OCH3 is 1. The summed E-state index contributed by atoms with van der Waals surface area (Å²) >= 11 is 3.42. The van der Waals surface area contributed by atoms with E-state index in [1.54, 1.807) is 18.2 Å². The van der Waals surface area contributed by atoms with Crippen LogP contribution in [0.5, 0.6) is 5.75 Å². The number of benzene rings is 2. The molecule has 0 saturated carbocycles. The summed E-state index contributed by atoms with van der Waals surface area (Å²) in [4.78, 5) is 12.3. The van der Waals surface area contributed by atoms with Gasteiger partial charge in [0.25, 0.3) is 5.91 Å². The minimum Gasteiger partial charge on any atom is -0.496 e. The van der Waals surface area contributed by atoms with E-state index < -0.39 is 0 Å². The number of anilines is 2. The second kappa shape index (κ2) is 5.96. The van der Waals surface area contributed by atoms with Crippen LogP contribution in [0, 0.1) is 6.92 Å². The van der Waals surface area contributed by atoms with E-state index in [0.717, 1.165) is 15.7 Å². The average Bonchev–Trinajstić information content (AvgIpc) is 2.43. The smallest absolute Gasteiger partial charge is 0.259 e. The number of rotatable bonds is 3. The molecule has 0 heterocycles. The maximum atomic E-state index is 12.3. The van der Waals surface area contributed by atoms with Gasteiger partial charge in [-0.3, -0.25) is 4.79 Å². The normalized spacial score (nSPS) is 10.2. The molecule has 0 aliphatic heterocycles. The minimum atomic E-state index is -0.254. The van der Waals surface area contributed by atoms with Crippen molar-refractivity contribution >= 4 is 33.2 Å². The zero-order valence-electron chi connectivity index (χ0n) is 11.2. The largest absolute Gasteiger partial charge is 0.496 e. The maximum absolute atomic E-state index is 12.3. The third-order valence-corrected chi connectivity index (χ3v) is 3.77. The lowest BCUT2D eigenvalue weighted by molar-refractivity contribution is 0.102. The Hall–Kier alpha value is -2.01. The molecule has 4 nitrogen and oxygen atoms in total. The third-order valence-electron chi connectivity index (χ3n) is 2.88. The number of hydrogen-bond donors (Lipinski definition) is 2. The molecule has 5 heteroatoms. The van der Waals surface area contributed by atoms with Crippen molar-refractivity contribution < 1.29 is 9.53 Å². The van der Waals surface area contributed by atoms with Crippen molar-refractivity contribution in [3.8, 4) is 5.75 Å². The molecular weight excluding hydrogens is 320 g/mol. The summed E-state index contributed by atoms with van der Waals surface area (Å²) in [5, 5.41) is 2.83. The topological polar surface area (TPSA) is 64.3 Å². The molecule has 20 heavy (non-hydrogen) atoms. The zero-order chi connectivity index (χ0) is 14.7. The van der Waals surface area contributed by atoms with Gasteiger partial charge in [-0.05, 0) is 48.9 Å². The summed E-state index contributed by atoms with van der Waals surface area (Å²) in [6.45, 7) is 1.96. The van der Waals surface area contributed by atoms with Crippen LogP contribution >= 0.6 is 15.9 Å². The molecule has 0 aliphatic rings. The molecule has 0 atom stereocenters. The van der Waals surface area contributed by atoms with E-state index in [1.165, 1.54) is 7.11 Å². The number of aryl methyl sites for hydroxylation is 1. The van der Waals surface area contributed by atoms with Crippen molar-refractivity contribution in [2.75, 3.05) is 18.2 Å². The van der Waals surface area contributed by atoms with Crippen molar-refractivity contribution in [2.24, 2.45) is 0 Å². The number of nitrogens with two attached hydrogens (primary N) is 1. The molecule has 2 rings (SSSR count). The van der Waals surface area contributed by atoms with Crippen LogP contribution in [0.15, 0.2) is 40.9 Å². The lowest BCUT2D eigenvalue weighted by Crippen LogP contribution is -2.13. The van der Waals surface area contributed by atoms with E-state index in [-0.39, 0.29) is 5.91 Å². The lowest BCUT2D eigenvalue weighted by Gasteiger charge is -2.11. The predicted molar refractivity (Wildman–Crippen MR) is 84.2 cm³/mol. The number of hydrogen-bond acceptors (Lipinski definition) is 3. The molecule has 2 aromatic rings. The predicted octanol–water partition coefficient (Wildman–Crippen LogP) is 3.60. The average molecular weight is 335 g/mol. The van der Waals surface area contributed by atoms with Crippen molar-refractivity contribution in [1.82, 2.24) is 0 Å². The number of carbonyl (C=O) groups excluding carboxylic acids is 1. The van der Waals surface area contributed by atoms with Crippen LogP contribution in [-0.2, 0) is 0 Å². The van der Waals surface area contributed by atoms with Gasteiger partial charge in [-0.25, -0.2) is 0 Å². The Bertz CT molecular complexity index is 656. The van der Waals surface area contributed by atoms with Gasteiger partial charge < -0.3 is 15.8 Å². The quantitative estimate of drug-likeness (QED) is 0.843. The Morgan fingerprint density at radius 1 is 1.25 bits per heavy atom. The number of amides is 1. The number of carbonyl (C=O) groups is 1. The first-order chi connectivity index (χ1) is 9.51. The highest BCUT2D eigenvalue weighted by Gasteiger charge is 2.13. The molecule has 1 amide bonds. The van der Waals surface area contributed by atoms with Gasteiger partial charge >= 0.3 is 0 Å². The van der Waals surface area contributed by atoms with Crippen LogP contribution in [0.1, 0.15) is 15.9 Å². The number of nitrogens with one attached hydrogen (secondary N) is 1. The van der Waals surface area contributed by atoms with E-state index in [9.17, 15) is 4.79 Å². The second-order valence-corrected chi connectivity index (χ2v) is 5.23. The van der Waals surface area contributed by atoms with E-state index in [4.69, 9.17) is 10.5 Å². The van der Waals surface area contributed by atoms with E-state index in [2.05, 4.69) is 21.2 Å². The van der Waals surface area contributed by atoms with Crippen LogP contribution < -0.4 is 15.8 Å². The summed E-state index contributed by atoms with van der Waals surface area (Å²) in [7, 11) is 1.52. The maximum Gasteiger partial charge on any atom is 0.259 e. The molecule has 0 aliphatic carbocycles. The van der Waals surface area contributed by atoms with Crippen LogP contribution in [0.25, 0.3) is 0 Å². The number of ether oxygens (including phenoxy) is 1. The van der Waals surface area contributed by atoms with Gasteiger partial charge in [0, 0.05) is 15.8 Å². The SMILES string of the molecule is COc1ccc(N)cc1C(=O)Nc1ccc(Br)c(C)c1.